The van der Waals surface area contributed by atoms with Gasteiger partial charge in [-0.1, -0.05) is 149 Å². The fourth-order valence-electron chi connectivity index (χ4n) is 4.10. The number of unbranched alkanes of at least 4 members (excludes halogenated alkanes) is 21. The molecule has 0 rings (SSSR count). The van der Waals surface area contributed by atoms with Crippen molar-refractivity contribution in [1.82, 2.24) is 0 Å². The van der Waals surface area contributed by atoms with Crippen LogP contribution >= 0.6 is 0 Å². The first-order valence-corrected chi connectivity index (χ1v) is 14.0. The van der Waals surface area contributed by atoms with Gasteiger partial charge in [-0.3, -0.25) is 4.79 Å². The summed E-state index contributed by atoms with van der Waals surface area (Å²) in [7, 11) is 0. The molecule has 0 spiro atoms. The largest absolute Gasteiger partial charge is 0.466 e. The van der Waals surface area contributed by atoms with E-state index < -0.39 is 0 Å². The SMILES string of the molecule is CCCCCCCCCCCCCCCCCCCCCCCC(=O)OCCCC. The maximum absolute atomic E-state index is 11.5. The Bertz CT molecular complexity index is 327. The molecule has 0 atom stereocenters. The van der Waals surface area contributed by atoms with Crippen LogP contribution in [0, 0.1) is 0 Å². The lowest BCUT2D eigenvalue weighted by molar-refractivity contribution is -0.143. The highest BCUT2D eigenvalue weighted by molar-refractivity contribution is 5.69. The molecular weight excluding hydrogens is 368 g/mol. The van der Waals surface area contributed by atoms with E-state index in [2.05, 4.69) is 13.8 Å². The third-order valence-corrected chi connectivity index (χ3v) is 6.25. The summed E-state index contributed by atoms with van der Waals surface area (Å²) >= 11 is 0. The fourth-order valence-corrected chi connectivity index (χ4v) is 4.10. The third kappa shape index (κ3) is 25.5. The van der Waals surface area contributed by atoms with Crippen molar-refractivity contribution in [2.45, 2.75) is 168 Å². The molecule has 0 aliphatic carbocycles. The van der Waals surface area contributed by atoms with E-state index in [1.807, 2.05) is 0 Å². The summed E-state index contributed by atoms with van der Waals surface area (Å²) in [5.41, 5.74) is 0. The second kappa shape index (κ2) is 26.5. The van der Waals surface area contributed by atoms with Gasteiger partial charge in [0.25, 0.3) is 0 Å². The third-order valence-electron chi connectivity index (χ3n) is 6.25. The quantitative estimate of drug-likeness (QED) is 0.108. The average Bonchev–Trinajstić information content (AvgIpc) is 2.75. The molecule has 0 aromatic heterocycles. The summed E-state index contributed by atoms with van der Waals surface area (Å²) in [5, 5.41) is 0. The lowest BCUT2D eigenvalue weighted by Gasteiger charge is -2.05. The zero-order valence-corrected chi connectivity index (χ0v) is 21.0. The predicted molar refractivity (Wildman–Crippen MR) is 133 cm³/mol. The van der Waals surface area contributed by atoms with Gasteiger partial charge in [-0.05, 0) is 12.8 Å². The highest BCUT2D eigenvalue weighted by atomic mass is 16.5. The molecule has 2 heteroatoms. The smallest absolute Gasteiger partial charge is 0.305 e. The zero-order valence-electron chi connectivity index (χ0n) is 21.0. The van der Waals surface area contributed by atoms with Gasteiger partial charge in [0.2, 0.25) is 0 Å². The number of carbonyl (C=O) groups excluding carboxylic acids is 1. The van der Waals surface area contributed by atoms with Crippen LogP contribution in [0.2, 0.25) is 0 Å². The van der Waals surface area contributed by atoms with Crippen LogP contribution in [0.15, 0.2) is 0 Å². The molecule has 0 aromatic rings. The van der Waals surface area contributed by atoms with Gasteiger partial charge in [-0.15, -0.1) is 0 Å². The number of ether oxygens (including phenoxy) is 1. The van der Waals surface area contributed by atoms with Crippen LogP contribution in [-0.4, -0.2) is 12.6 Å². The molecule has 30 heavy (non-hydrogen) atoms. The Labute approximate surface area is 190 Å². The van der Waals surface area contributed by atoms with E-state index in [4.69, 9.17) is 4.74 Å². The van der Waals surface area contributed by atoms with Crippen molar-refractivity contribution in [1.29, 1.82) is 0 Å². The van der Waals surface area contributed by atoms with E-state index in [1.165, 1.54) is 128 Å². The van der Waals surface area contributed by atoms with Crippen molar-refractivity contribution in [3.63, 3.8) is 0 Å². The Morgan fingerprint density at radius 2 is 0.733 bits per heavy atom. The summed E-state index contributed by atoms with van der Waals surface area (Å²) in [6.45, 7) is 5.02. The molecular formula is C28H56O2. The van der Waals surface area contributed by atoms with Crippen molar-refractivity contribution >= 4 is 5.97 Å². The second-order valence-corrected chi connectivity index (χ2v) is 9.40. The summed E-state index contributed by atoms with van der Waals surface area (Å²) in [6.07, 6.45) is 32.0. The van der Waals surface area contributed by atoms with Gasteiger partial charge in [0, 0.05) is 6.42 Å². The van der Waals surface area contributed by atoms with E-state index in [0.717, 1.165) is 19.3 Å². The van der Waals surface area contributed by atoms with Gasteiger partial charge >= 0.3 is 5.97 Å². The molecule has 180 valence electrons. The Morgan fingerprint density at radius 1 is 0.433 bits per heavy atom. The predicted octanol–water partition coefficient (Wildman–Crippen LogP) is 9.93. The van der Waals surface area contributed by atoms with E-state index in [9.17, 15) is 4.79 Å². The van der Waals surface area contributed by atoms with Crippen LogP contribution in [0.5, 0.6) is 0 Å². The minimum Gasteiger partial charge on any atom is -0.466 e. The van der Waals surface area contributed by atoms with Gasteiger partial charge in [0.05, 0.1) is 6.61 Å². The highest BCUT2D eigenvalue weighted by Gasteiger charge is 2.02. The number of hydrogen-bond donors (Lipinski definition) is 0. The standard InChI is InChI=1S/C28H56O2/c1-3-5-7-8-9-10-11-12-13-14-15-16-17-18-19-20-21-22-23-24-25-26-28(29)30-27-6-4-2/h3-27H2,1-2H3. The Morgan fingerprint density at radius 3 is 1.07 bits per heavy atom. The monoisotopic (exact) mass is 424 g/mol. The molecule has 0 fully saturated rings. The van der Waals surface area contributed by atoms with Crippen molar-refractivity contribution < 1.29 is 9.53 Å². The number of rotatable bonds is 25. The van der Waals surface area contributed by atoms with Crippen LogP contribution in [0.1, 0.15) is 168 Å². The average molecular weight is 425 g/mol. The topological polar surface area (TPSA) is 26.3 Å². The molecule has 2 nitrogen and oxygen atoms in total. The number of hydrogen-bond acceptors (Lipinski definition) is 2. The molecule has 0 unspecified atom stereocenters. The Balaban J connectivity index is 3.06. The zero-order chi connectivity index (χ0) is 22.0. The molecule has 0 radical (unpaired) electrons. The van der Waals surface area contributed by atoms with Gasteiger partial charge in [-0.25, -0.2) is 0 Å². The maximum atomic E-state index is 11.5. The molecule has 0 N–H and O–H groups in total. The van der Waals surface area contributed by atoms with E-state index in [-0.39, 0.29) is 5.97 Å². The first-order valence-electron chi connectivity index (χ1n) is 14.0. The number of carbonyl (C=O) groups is 1. The number of esters is 1. The highest BCUT2D eigenvalue weighted by Crippen LogP contribution is 2.15. The molecule has 0 heterocycles. The van der Waals surface area contributed by atoms with Crippen molar-refractivity contribution in [3.8, 4) is 0 Å². The summed E-state index contributed by atoms with van der Waals surface area (Å²) in [6, 6.07) is 0. The van der Waals surface area contributed by atoms with E-state index in [0.29, 0.717) is 13.0 Å². The van der Waals surface area contributed by atoms with Crippen LogP contribution < -0.4 is 0 Å². The lowest BCUT2D eigenvalue weighted by atomic mass is 10.0. The molecule has 0 saturated carbocycles. The molecule has 0 amide bonds. The first kappa shape index (κ1) is 29.5. The summed E-state index contributed by atoms with van der Waals surface area (Å²) in [5.74, 6) is 0.00116. The Hall–Kier alpha value is -0.530. The fraction of sp³-hybridized carbons (Fsp3) is 0.964. The van der Waals surface area contributed by atoms with E-state index >= 15 is 0 Å². The molecule has 0 saturated heterocycles. The molecule has 0 aliphatic rings. The maximum Gasteiger partial charge on any atom is 0.305 e. The van der Waals surface area contributed by atoms with Crippen LogP contribution in [0.3, 0.4) is 0 Å². The van der Waals surface area contributed by atoms with Gasteiger partial charge in [0.1, 0.15) is 0 Å². The summed E-state index contributed by atoms with van der Waals surface area (Å²) < 4.78 is 5.19. The van der Waals surface area contributed by atoms with Crippen molar-refractivity contribution in [2.24, 2.45) is 0 Å². The Kier molecular flexibility index (Phi) is 26.0. The van der Waals surface area contributed by atoms with Crippen LogP contribution in [-0.2, 0) is 9.53 Å². The van der Waals surface area contributed by atoms with Crippen molar-refractivity contribution in [3.05, 3.63) is 0 Å². The van der Waals surface area contributed by atoms with Gasteiger partial charge in [-0.2, -0.15) is 0 Å². The second-order valence-electron chi connectivity index (χ2n) is 9.40. The minimum absolute atomic E-state index is 0.00116. The summed E-state index contributed by atoms with van der Waals surface area (Å²) in [4.78, 5) is 11.5. The van der Waals surface area contributed by atoms with Gasteiger partial charge in [0.15, 0.2) is 0 Å². The van der Waals surface area contributed by atoms with Crippen LogP contribution in [0.25, 0.3) is 0 Å². The normalized spacial score (nSPS) is 11.1. The lowest BCUT2D eigenvalue weighted by Crippen LogP contribution is -2.05. The van der Waals surface area contributed by atoms with Crippen LogP contribution in [0.4, 0.5) is 0 Å². The molecule has 0 bridgehead atoms. The molecule has 0 aromatic carbocycles. The van der Waals surface area contributed by atoms with Gasteiger partial charge < -0.3 is 4.74 Å². The van der Waals surface area contributed by atoms with Crippen molar-refractivity contribution in [2.75, 3.05) is 6.61 Å². The van der Waals surface area contributed by atoms with E-state index in [1.54, 1.807) is 0 Å². The minimum atomic E-state index is 0.00116. The molecule has 0 aliphatic heterocycles. The first-order chi connectivity index (χ1) is 14.8.